The molecule has 21 heavy (non-hydrogen) atoms. The molecule has 3 heteroatoms. The maximum absolute atomic E-state index is 6.12. The Balaban J connectivity index is 2.15. The molecule has 0 amide bonds. The highest BCUT2D eigenvalue weighted by Gasteiger charge is 2.21. The van der Waals surface area contributed by atoms with Gasteiger partial charge in [-0.3, -0.25) is 0 Å². The van der Waals surface area contributed by atoms with E-state index in [0.717, 1.165) is 31.1 Å². The zero-order chi connectivity index (χ0) is 15.3. The molecule has 1 N–H and O–H groups in total. The number of pyridine rings is 1. The summed E-state index contributed by atoms with van der Waals surface area (Å²) in [6.45, 7) is 10.7. The SMILES string of the molecule is CCCNCc1cc(OC2CCCC2)nc(C(C)(C)C)c1. The highest BCUT2D eigenvalue weighted by atomic mass is 16.5. The number of rotatable bonds is 6. The second kappa shape index (κ2) is 7.26. The Kier molecular flexibility index (Phi) is 5.63. The van der Waals surface area contributed by atoms with Crippen molar-refractivity contribution in [3.63, 3.8) is 0 Å². The molecule has 0 spiro atoms. The Bertz CT molecular complexity index is 445. The fraction of sp³-hybridized carbons (Fsp3) is 0.722. The molecule has 0 aliphatic heterocycles. The zero-order valence-corrected chi connectivity index (χ0v) is 14.0. The summed E-state index contributed by atoms with van der Waals surface area (Å²) >= 11 is 0. The van der Waals surface area contributed by atoms with Crippen molar-refractivity contribution in [2.75, 3.05) is 6.54 Å². The Morgan fingerprint density at radius 1 is 1.24 bits per heavy atom. The fourth-order valence-corrected chi connectivity index (χ4v) is 2.69. The summed E-state index contributed by atoms with van der Waals surface area (Å²) in [5.74, 6) is 0.808. The number of hydrogen-bond acceptors (Lipinski definition) is 3. The molecule has 1 aliphatic rings. The first-order valence-corrected chi connectivity index (χ1v) is 8.38. The van der Waals surface area contributed by atoms with Crippen LogP contribution in [0.2, 0.25) is 0 Å². The first-order valence-electron chi connectivity index (χ1n) is 8.38. The molecule has 1 aliphatic carbocycles. The van der Waals surface area contributed by atoms with Crippen molar-refractivity contribution >= 4 is 0 Å². The van der Waals surface area contributed by atoms with Gasteiger partial charge in [-0.15, -0.1) is 0 Å². The monoisotopic (exact) mass is 290 g/mol. The summed E-state index contributed by atoms with van der Waals surface area (Å²) in [4.78, 5) is 4.75. The van der Waals surface area contributed by atoms with Crippen molar-refractivity contribution in [1.82, 2.24) is 10.3 Å². The predicted octanol–water partition coefficient (Wildman–Crippen LogP) is 4.20. The summed E-state index contributed by atoms with van der Waals surface area (Å²) in [7, 11) is 0. The average molecular weight is 290 g/mol. The van der Waals surface area contributed by atoms with Crippen molar-refractivity contribution in [3.05, 3.63) is 23.4 Å². The van der Waals surface area contributed by atoms with Gasteiger partial charge in [0.05, 0.1) is 5.69 Å². The third-order valence-electron chi connectivity index (χ3n) is 3.98. The smallest absolute Gasteiger partial charge is 0.214 e. The van der Waals surface area contributed by atoms with Crippen molar-refractivity contribution in [2.24, 2.45) is 0 Å². The average Bonchev–Trinajstić information content (AvgIpc) is 2.91. The van der Waals surface area contributed by atoms with Crippen LogP contribution < -0.4 is 10.1 Å². The van der Waals surface area contributed by atoms with E-state index < -0.39 is 0 Å². The van der Waals surface area contributed by atoms with Crippen molar-refractivity contribution < 1.29 is 4.74 Å². The first kappa shape index (κ1) is 16.3. The topological polar surface area (TPSA) is 34.1 Å². The summed E-state index contributed by atoms with van der Waals surface area (Å²) < 4.78 is 6.12. The molecule has 1 heterocycles. The fourth-order valence-electron chi connectivity index (χ4n) is 2.69. The minimum absolute atomic E-state index is 0.0502. The molecule has 0 radical (unpaired) electrons. The Morgan fingerprint density at radius 2 is 1.95 bits per heavy atom. The standard InChI is InChI=1S/C18H30N2O/c1-5-10-19-13-14-11-16(18(2,3)4)20-17(12-14)21-15-8-6-7-9-15/h11-12,15,19H,5-10,13H2,1-4H3. The lowest BCUT2D eigenvalue weighted by atomic mass is 9.91. The molecule has 0 unspecified atom stereocenters. The zero-order valence-electron chi connectivity index (χ0n) is 14.0. The van der Waals surface area contributed by atoms with Crippen LogP contribution in [-0.4, -0.2) is 17.6 Å². The maximum Gasteiger partial charge on any atom is 0.214 e. The van der Waals surface area contributed by atoms with Crippen LogP contribution in [-0.2, 0) is 12.0 Å². The maximum atomic E-state index is 6.12. The first-order chi connectivity index (χ1) is 9.99. The van der Waals surface area contributed by atoms with Gasteiger partial charge in [0.1, 0.15) is 6.10 Å². The van der Waals surface area contributed by atoms with Gasteiger partial charge in [0.15, 0.2) is 0 Å². The van der Waals surface area contributed by atoms with E-state index in [4.69, 9.17) is 9.72 Å². The molecule has 0 aromatic carbocycles. The Morgan fingerprint density at radius 3 is 2.57 bits per heavy atom. The second-order valence-corrected chi connectivity index (χ2v) is 7.15. The van der Waals surface area contributed by atoms with Crippen LogP contribution in [0.4, 0.5) is 0 Å². The minimum Gasteiger partial charge on any atom is -0.474 e. The van der Waals surface area contributed by atoms with Crippen LogP contribution in [0.3, 0.4) is 0 Å². The summed E-state index contributed by atoms with van der Waals surface area (Å²) in [6.07, 6.45) is 6.44. The van der Waals surface area contributed by atoms with Gasteiger partial charge in [0.2, 0.25) is 5.88 Å². The Hall–Kier alpha value is -1.09. The van der Waals surface area contributed by atoms with E-state index in [1.807, 2.05) is 0 Å². The second-order valence-electron chi connectivity index (χ2n) is 7.15. The molecular weight excluding hydrogens is 260 g/mol. The normalized spacial score (nSPS) is 16.4. The predicted molar refractivity (Wildman–Crippen MR) is 87.8 cm³/mol. The minimum atomic E-state index is 0.0502. The number of ether oxygens (including phenoxy) is 1. The number of aromatic nitrogens is 1. The van der Waals surface area contributed by atoms with Crippen LogP contribution in [0.15, 0.2) is 12.1 Å². The molecule has 0 saturated heterocycles. The highest BCUT2D eigenvalue weighted by molar-refractivity contribution is 5.28. The molecule has 1 fully saturated rings. The lowest BCUT2D eigenvalue weighted by Crippen LogP contribution is -2.19. The quantitative estimate of drug-likeness (QED) is 0.797. The lowest BCUT2D eigenvalue weighted by Gasteiger charge is -2.21. The molecule has 118 valence electrons. The van der Waals surface area contributed by atoms with Gasteiger partial charge in [0, 0.05) is 18.0 Å². The van der Waals surface area contributed by atoms with Crippen LogP contribution in [0, 0.1) is 0 Å². The molecule has 3 nitrogen and oxygen atoms in total. The van der Waals surface area contributed by atoms with E-state index in [-0.39, 0.29) is 5.41 Å². The van der Waals surface area contributed by atoms with Crippen LogP contribution in [0.25, 0.3) is 0 Å². The van der Waals surface area contributed by atoms with Crippen molar-refractivity contribution in [1.29, 1.82) is 0 Å². The molecule has 1 aromatic heterocycles. The summed E-state index contributed by atoms with van der Waals surface area (Å²) in [5, 5.41) is 3.47. The Labute approximate surface area is 129 Å². The van der Waals surface area contributed by atoms with E-state index in [1.54, 1.807) is 0 Å². The summed E-state index contributed by atoms with van der Waals surface area (Å²) in [6, 6.07) is 4.32. The van der Waals surface area contributed by atoms with E-state index in [1.165, 1.54) is 31.2 Å². The molecule has 1 saturated carbocycles. The largest absolute Gasteiger partial charge is 0.474 e. The van der Waals surface area contributed by atoms with E-state index >= 15 is 0 Å². The van der Waals surface area contributed by atoms with Crippen LogP contribution in [0.1, 0.15) is 71.1 Å². The number of nitrogens with zero attached hydrogens (tertiary/aromatic N) is 1. The van der Waals surface area contributed by atoms with Gasteiger partial charge >= 0.3 is 0 Å². The third kappa shape index (κ3) is 4.99. The molecular formula is C18H30N2O. The van der Waals surface area contributed by atoms with Crippen LogP contribution >= 0.6 is 0 Å². The van der Waals surface area contributed by atoms with Gasteiger partial charge in [-0.05, 0) is 50.3 Å². The van der Waals surface area contributed by atoms with Crippen molar-refractivity contribution in [3.8, 4) is 5.88 Å². The van der Waals surface area contributed by atoms with E-state index in [9.17, 15) is 0 Å². The molecule has 0 atom stereocenters. The van der Waals surface area contributed by atoms with E-state index in [0.29, 0.717) is 6.10 Å². The lowest BCUT2D eigenvalue weighted by molar-refractivity contribution is 0.200. The third-order valence-corrected chi connectivity index (χ3v) is 3.98. The molecule has 1 aromatic rings. The van der Waals surface area contributed by atoms with Gasteiger partial charge in [-0.25, -0.2) is 4.98 Å². The number of nitrogens with one attached hydrogen (secondary N) is 1. The number of hydrogen-bond donors (Lipinski definition) is 1. The van der Waals surface area contributed by atoms with Crippen LogP contribution in [0.5, 0.6) is 5.88 Å². The molecule has 2 rings (SSSR count). The summed E-state index contributed by atoms with van der Waals surface area (Å²) in [5.41, 5.74) is 2.44. The van der Waals surface area contributed by atoms with Gasteiger partial charge in [-0.2, -0.15) is 0 Å². The molecule has 0 bridgehead atoms. The van der Waals surface area contributed by atoms with Gasteiger partial charge in [0.25, 0.3) is 0 Å². The van der Waals surface area contributed by atoms with Gasteiger partial charge in [-0.1, -0.05) is 27.7 Å². The van der Waals surface area contributed by atoms with Gasteiger partial charge < -0.3 is 10.1 Å². The van der Waals surface area contributed by atoms with E-state index in [2.05, 4.69) is 45.1 Å². The van der Waals surface area contributed by atoms with Crippen molar-refractivity contribution in [2.45, 2.75) is 77.9 Å². The highest BCUT2D eigenvalue weighted by Crippen LogP contribution is 2.27.